The molecule has 2 fully saturated rings. The van der Waals surface area contributed by atoms with Gasteiger partial charge < -0.3 is 4.90 Å². The van der Waals surface area contributed by atoms with Crippen molar-refractivity contribution < 1.29 is 4.79 Å². The van der Waals surface area contributed by atoms with Crippen LogP contribution in [0.15, 0.2) is 37.1 Å². The molecule has 2 aliphatic heterocycles. The molecule has 136 valence electrons. The van der Waals surface area contributed by atoms with Crippen LogP contribution in [0.4, 0.5) is 0 Å². The quantitative estimate of drug-likeness (QED) is 0.846. The van der Waals surface area contributed by atoms with Crippen molar-refractivity contribution in [2.45, 2.75) is 31.6 Å². The van der Waals surface area contributed by atoms with Crippen molar-refractivity contribution in [3.05, 3.63) is 42.7 Å². The summed E-state index contributed by atoms with van der Waals surface area (Å²) in [5.41, 5.74) is 3.26. The molecule has 4 rings (SSSR count). The molecule has 0 bridgehead atoms. The largest absolute Gasteiger partial charge is 0.342 e. The van der Waals surface area contributed by atoms with E-state index in [0.717, 1.165) is 68.7 Å². The van der Waals surface area contributed by atoms with Crippen molar-refractivity contribution >= 4 is 5.91 Å². The molecule has 2 aromatic heterocycles. The third kappa shape index (κ3) is 3.75. The summed E-state index contributed by atoms with van der Waals surface area (Å²) < 4.78 is 0. The number of likely N-dealkylation sites (tertiary alicyclic amines) is 2. The van der Waals surface area contributed by atoms with Gasteiger partial charge in [0, 0.05) is 49.7 Å². The predicted molar refractivity (Wildman–Crippen MR) is 99.5 cm³/mol. The van der Waals surface area contributed by atoms with Crippen LogP contribution in [0.1, 0.15) is 37.3 Å². The smallest absolute Gasteiger partial charge is 0.236 e. The van der Waals surface area contributed by atoms with Crippen molar-refractivity contribution in [2.24, 2.45) is 0 Å². The van der Waals surface area contributed by atoms with E-state index in [1.807, 2.05) is 23.2 Å². The van der Waals surface area contributed by atoms with E-state index in [9.17, 15) is 4.79 Å². The highest BCUT2D eigenvalue weighted by Crippen LogP contribution is 2.32. The molecule has 0 aromatic carbocycles. The Labute approximate surface area is 154 Å². The molecule has 1 unspecified atom stereocenters. The number of pyridine rings is 1. The van der Waals surface area contributed by atoms with Crippen LogP contribution in [-0.4, -0.2) is 63.4 Å². The van der Waals surface area contributed by atoms with Crippen LogP contribution in [0, 0.1) is 0 Å². The Kier molecular flexibility index (Phi) is 5.20. The lowest BCUT2D eigenvalue weighted by atomic mass is 9.90. The summed E-state index contributed by atoms with van der Waals surface area (Å²) in [6.45, 7) is 4.26. The second-order valence-corrected chi connectivity index (χ2v) is 7.22. The molecular formula is C20H25N5O. The topological polar surface area (TPSA) is 62.2 Å². The number of rotatable bonds is 4. The maximum absolute atomic E-state index is 12.5. The fourth-order valence-electron chi connectivity index (χ4n) is 4.10. The highest BCUT2D eigenvalue weighted by molar-refractivity contribution is 5.78. The summed E-state index contributed by atoms with van der Waals surface area (Å²) in [7, 11) is 0. The predicted octanol–water partition coefficient (Wildman–Crippen LogP) is 2.34. The minimum absolute atomic E-state index is 0.278. The first-order valence-corrected chi connectivity index (χ1v) is 9.51. The second-order valence-electron chi connectivity index (χ2n) is 7.22. The van der Waals surface area contributed by atoms with Crippen LogP contribution >= 0.6 is 0 Å². The number of aromatic nitrogens is 3. The van der Waals surface area contributed by atoms with Gasteiger partial charge in [0.1, 0.15) is 6.33 Å². The molecule has 1 amide bonds. The molecule has 6 heteroatoms. The summed E-state index contributed by atoms with van der Waals surface area (Å²) in [5.74, 6) is 0.612. The number of hydrogen-bond acceptors (Lipinski definition) is 5. The van der Waals surface area contributed by atoms with Crippen molar-refractivity contribution in [1.29, 1.82) is 0 Å². The molecule has 2 saturated heterocycles. The van der Waals surface area contributed by atoms with Gasteiger partial charge in [0.2, 0.25) is 5.91 Å². The molecule has 2 aromatic rings. The van der Waals surface area contributed by atoms with Crippen LogP contribution in [-0.2, 0) is 4.79 Å². The maximum atomic E-state index is 12.5. The van der Waals surface area contributed by atoms with E-state index in [4.69, 9.17) is 0 Å². The van der Waals surface area contributed by atoms with Gasteiger partial charge in [-0.3, -0.25) is 14.7 Å². The molecule has 0 radical (unpaired) electrons. The molecule has 0 saturated carbocycles. The van der Waals surface area contributed by atoms with Gasteiger partial charge in [-0.2, -0.15) is 0 Å². The van der Waals surface area contributed by atoms with Crippen LogP contribution in [0.5, 0.6) is 0 Å². The lowest BCUT2D eigenvalue weighted by Crippen LogP contribution is -2.43. The Morgan fingerprint density at radius 3 is 2.69 bits per heavy atom. The van der Waals surface area contributed by atoms with Gasteiger partial charge in [0.25, 0.3) is 0 Å². The molecule has 0 spiro atoms. The third-order valence-corrected chi connectivity index (χ3v) is 5.44. The van der Waals surface area contributed by atoms with E-state index in [0.29, 0.717) is 12.5 Å². The van der Waals surface area contributed by atoms with Gasteiger partial charge in [-0.25, -0.2) is 9.97 Å². The van der Waals surface area contributed by atoms with E-state index in [1.54, 1.807) is 18.7 Å². The van der Waals surface area contributed by atoms with Crippen molar-refractivity contribution in [3.8, 4) is 11.1 Å². The first-order chi connectivity index (χ1) is 12.8. The lowest BCUT2D eigenvalue weighted by molar-refractivity contribution is -0.131. The van der Waals surface area contributed by atoms with Gasteiger partial charge in [0.15, 0.2) is 0 Å². The normalized spacial score (nSPS) is 21.1. The summed E-state index contributed by atoms with van der Waals surface area (Å²) >= 11 is 0. The molecule has 4 heterocycles. The Balaban J connectivity index is 1.49. The summed E-state index contributed by atoms with van der Waals surface area (Å²) in [5, 5.41) is 0. The Hall–Kier alpha value is -2.34. The van der Waals surface area contributed by atoms with E-state index in [1.165, 1.54) is 0 Å². The summed E-state index contributed by atoms with van der Waals surface area (Å²) in [6.07, 6.45) is 11.6. The summed E-state index contributed by atoms with van der Waals surface area (Å²) in [4.78, 5) is 29.8. The zero-order chi connectivity index (χ0) is 17.8. The first kappa shape index (κ1) is 17.1. The van der Waals surface area contributed by atoms with Crippen LogP contribution in [0.3, 0.4) is 0 Å². The second kappa shape index (κ2) is 7.91. The fraction of sp³-hybridized carbons (Fsp3) is 0.500. The van der Waals surface area contributed by atoms with Gasteiger partial charge in [-0.1, -0.05) is 0 Å². The minimum Gasteiger partial charge on any atom is -0.342 e. The van der Waals surface area contributed by atoms with Crippen molar-refractivity contribution in [1.82, 2.24) is 24.8 Å². The molecule has 26 heavy (non-hydrogen) atoms. The van der Waals surface area contributed by atoms with Gasteiger partial charge in [-0.15, -0.1) is 0 Å². The molecule has 0 aliphatic carbocycles. The maximum Gasteiger partial charge on any atom is 0.236 e. The standard InChI is InChI=1S/C20H25N5O/c26-19(25-10-1-2-11-25)14-24-9-3-4-17(13-24)20-18(12-22-15-23-20)16-5-7-21-8-6-16/h5-8,12,15,17H,1-4,9-11,13-14H2. The van der Waals surface area contributed by atoms with Crippen molar-refractivity contribution in [2.75, 3.05) is 32.7 Å². The number of carbonyl (C=O) groups excluding carboxylic acids is 1. The van der Waals surface area contributed by atoms with Gasteiger partial charge >= 0.3 is 0 Å². The van der Waals surface area contributed by atoms with E-state index in [2.05, 4.69) is 19.9 Å². The zero-order valence-corrected chi connectivity index (χ0v) is 15.0. The van der Waals surface area contributed by atoms with Crippen molar-refractivity contribution in [3.63, 3.8) is 0 Å². The monoisotopic (exact) mass is 351 g/mol. The van der Waals surface area contributed by atoms with Crippen LogP contribution in [0.25, 0.3) is 11.1 Å². The summed E-state index contributed by atoms with van der Waals surface area (Å²) in [6, 6.07) is 4.00. The fourth-order valence-corrected chi connectivity index (χ4v) is 4.10. The number of carbonyl (C=O) groups is 1. The lowest BCUT2D eigenvalue weighted by Gasteiger charge is -2.33. The third-order valence-electron chi connectivity index (χ3n) is 5.44. The number of piperidine rings is 1. The van der Waals surface area contributed by atoms with E-state index >= 15 is 0 Å². The van der Waals surface area contributed by atoms with Crippen LogP contribution in [0.2, 0.25) is 0 Å². The van der Waals surface area contributed by atoms with Gasteiger partial charge in [-0.05, 0) is 49.9 Å². The Bertz CT molecular complexity index is 745. The highest BCUT2D eigenvalue weighted by Gasteiger charge is 2.27. The molecule has 2 aliphatic rings. The average molecular weight is 351 g/mol. The highest BCUT2D eigenvalue weighted by atomic mass is 16.2. The number of nitrogens with zero attached hydrogens (tertiary/aromatic N) is 5. The molecule has 1 atom stereocenters. The first-order valence-electron chi connectivity index (χ1n) is 9.51. The SMILES string of the molecule is O=C(CN1CCCC(c2ncncc2-c2ccncc2)C1)N1CCCC1. The Morgan fingerprint density at radius 2 is 1.88 bits per heavy atom. The molecular weight excluding hydrogens is 326 g/mol. The van der Waals surface area contributed by atoms with Gasteiger partial charge in [0.05, 0.1) is 12.2 Å². The Morgan fingerprint density at radius 1 is 1.08 bits per heavy atom. The molecule has 0 N–H and O–H groups in total. The number of amides is 1. The van der Waals surface area contributed by atoms with Crippen LogP contribution < -0.4 is 0 Å². The van der Waals surface area contributed by atoms with E-state index in [-0.39, 0.29) is 5.91 Å². The average Bonchev–Trinajstić information content (AvgIpc) is 3.24. The minimum atomic E-state index is 0.278. The number of hydrogen-bond donors (Lipinski definition) is 0. The zero-order valence-electron chi connectivity index (χ0n) is 15.0. The molecule has 6 nitrogen and oxygen atoms in total. The van der Waals surface area contributed by atoms with E-state index < -0.39 is 0 Å².